The molecule has 0 spiro atoms. The Bertz CT molecular complexity index is 974. The van der Waals surface area contributed by atoms with Crippen molar-refractivity contribution < 1.29 is 4.79 Å². The van der Waals surface area contributed by atoms with Crippen molar-refractivity contribution in [3.05, 3.63) is 34.6 Å². The number of carbonyl (C=O) groups is 1. The number of fused-ring (bicyclic) bond motifs is 3. The third-order valence-electron chi connectivity index (χ3n) is 7.49. The van der Waals surface area contributed by atoms with Gasteiger partial charge in [-0.1, -0.05) is 26.0 Å². The predicted molar refractivity (Wildman–Crippen MR) is 117 cm³/mol. The molecule has 0 saturated heterocycles. The van der Waals surface area contributed by atoms with Crippen molar-refractivity contribution in [2.75, 3.05) is 23.4 Å². The minimum atomic E-state index is -0.224. The van der Waals surface area contributed by atoms with Crippen molar-refractivity contribution in [3.8, 4) is 0 Å². The summed E-state index contributed by atoms with van der Waals surface area (Å²) in [6.45, 7) is 10.1. The first kappa shape index (κ1) is 19.9. The van der Waals surface area contributed by atoms with E-state index in [-0.39, 0.29) is 11.5 Å². The van der Waals surface area contributed by atoms with Gasteiger partial charge in [0.05, 0.1) is 10.9 Å². The minimum absolute atomic E-state index is 0.0938. The van der Waals surface area contributed by atoms with Crippen LogP contribution in [0.25, 0.3) is 10.9 Å². The van der Waals surface area contributed by atoms with Crippen LogP contribution in [0.15, 0.2) is 29.1 Å². The van der Waals surface area contributed by atoms with Gasteiger partial charge in [0.25, 0.3) is 5.56 Å². The van der Waals surface area contributed by atoms with E-state index < -0.39 is 0 Å². The van der Waals surface area contributed by atoms with Gasteiger partial charge in [-0.3, -0.25) is 15.0 Å². The smallest absolute Gasteiger partial charge is 0.281 e. The van der Waals surface area contributed by atoms with Crippen molar-refractivity contribution in [1.82, 2.24) is 9.66 Å². The lowest BCUT2D eigenvalue weighted by molar-refractivity contribution is -0.129. The molecule has 3 aliphatic carbocycles. The number of para-hydroxylation sites is 1. The van der Waals surface area contributed by atoms with Crippen LogP contribution in [0, 0.1) is 23.2 Å². The van der Waals surface area contributed by atoms with Gasteiger partial charge in [-0.25, -0.2) is 4.98 Å². The average Bonchev–Trinajstić information content (AvgIpc) is 2.71. The second-order valence-electron chi connectivity index (χ2n) is 9.18. The van der Waals surface area contributed by atoms with E-state index in [2.05, 4.69) is 19.3 Å². The first-order chi connectivity index (χ1) is 13.9. The normalized spacial score (nSPS) is 24.8. The molecule has 6 heteroatoms. The molecule has 3 saturated carbocycles. The molecule has 1 amide bonds. The molecule has 3 atom stereocenters. The van der Waals surface area contributed by atoms with E-state index in [1.165, 1.54) is 17.5 Å². The molecule has 3 aliphatic rings. The van der Waals surface area contributed by atoms with Gasteiger partial charge in [0, 0.05) is 19.5 Å². The zero-order valence-corrected chi connectivity index (χ0v) is 17.9. The van der Waals surface area contributed by atoms with Crippen molar-refractivity contribution in [2.45, 2.75) is 53.4 Å². The summed E-state index contributed by atoms with van der Waals surface area (Å²) in [5.41, 5.74) is 3.67. The van der Waals surface area contributed by atoms with Crippen molar-refractivity contribution in [1.29, 1.82) is 0 Å². The van der Waals surface area contributed by atoms with Crippen LogP contribution in [0.4, 0.5) is 5.95 Å². The van der Waals surface area contributed by atoms with Gasteiger partial charge in [-0.2, -0.15) is 4.68 Å². The molecule has 1 aromatic carbocycles. The van der Waals surface area contributed by atoms with Gasteiger partial charge >= 0.3 is 0 Å². The number of benzene rings is 1. The lowest BCUT2D eigenvalue weighted by atomic mass is 9.45. The minimum Gasteiger partial charge on any atom is -0.341 e. The maximum absolute atomic E-state index is 13.2. The Morgan fingerprint density at radius 3 is 2.62 bits per heavy atom. The molecular formula is C23H32N4O2. The standard InChI is InChI=1S/C23H32N4O2/c1-5-26(6-2)22-24-19-10-8-7-9-17(19)21(29)27(22)25-20(28)13-15-11-12-16-14-18(15)23(16,3)4/h7-10,15-16,18H,5-6,11-14H2,1-4H3,(H,25,28)/t15-,16-,18-/m0/s1. The number of rotatable bonds is 6. The molecule has 2 aromatic rings. The molecule has 1 aromatic heterocycles. The summed E-state index contributed by atoms with van der Waals surface area (Å²) in [5, 5.41) is 0.518. The van der Waals surface area contributed by atoms with Gasteiger partial charge in [0.2, 0.25) is 11.9 Å². The third kappa shape index (κ3) is 3.32. The monoisotopic (exact) mass is 396 g/mol. The van der Waals surface area contributed by atoms with Crippen molar-refractivity contribution in [3.63, 3.8) is 0 Å². The summed E-state index contributed by atoms with van der Waals surface area (Å²) in [4.78, 5) is 32.8. The van der Waals surface area contributed by atoms with E-state index in [0.29, 0.717) is 53.6 Å². The summed E-state index contributed by atoms with van der Waals surface area (Å²) >= 11 is 0. The van der Waals surface area contributed by atoms with Crippen LogP contribution < -0.4 is 15.9 Å². The van der Waals surface area contributed by atoms with Gasteiger partial charge in [-0.05, 0) is 68.4 Å². The Morgan fingerprint density at radius 1 is 1.24 bits per heavy atom. The Balaban J connectivity index is 1.62. The fraction of sp³-hybridized carbons (Fsp3) is 0.609. The molecule has 6 nitrogen and oxygen atoms in total. The highest BCUT2D eigenvalue weighted by Gasteiger charge is 2.54. The molecule has 0 radical (unpaired) electrons. The third-order valence-corrected chi connectivity index (χ3v) is 7.49. The van der Waals surface area contributed by atoms with E-state index in [1.54, 1.807) is 6.07 Å². The number of aromatic nitrogens is 2. The maximum atomic E-state index is 13.2. The molecule has 29 heavy (non-hydrogen) atoms. The molecular weight excluding hydrogens is 364 g/mol. The second-order valence-corrected chi connectivity index (χ2v) is 9.18. The van der Waals surface area contributed by atoms with E-state index in [0.717, 1.165) is 12.3 Å². The molecule has 2 bridgehead atoms. The van der Waals surface area contributed by atoms with Crippen molar-refractivity contribution in [2.24, 2.45) is 23.2 Å². The maximum Gasteiger partial charge on any atom is 0.281 e. The number of nitrogens with one attached hydrogen (secondary N) is 1. The van der Waals surface area contributed by atoms with Crippen LogP contribution in [0.1, 0.15) is 53.4 Å². The topological polar surface area (TPSA) is 67.2 Å². The van der Waals surface area contributed by atoms with E-state index in [4.69, 9.17) is 4.98 Å². The largest absolute Gasteiger partial charge is 0.341 e. The van der Waals surface area contributed by atoms with Gasteiger partial charge in [-0.15, -0.1) is 0 Å². The Labute approximate surface area is 172 Å². The molecule has 0 unspecified atom stereocenters. The zero-order valence-electron chi connectivity index (χ0n) is 17.9. The molecule has 1 N–H and O–H groups in total. The molecule has 156 valence electrons. The summed E-state index contributed by atoms with van der Waals surface area (Å²) in [5.74, 6) is 2.23. The lowest BCUT2D eigenvalue weighted by Crippen LogP contribution is -2.53. The molecule has 3 fully saturated rings. The highest BCUT2D eigenvalue weighted by molar-refractivity contribution is 5.85. The first-order valence-electron chi connectivity index (χ1n) is 10.9. The van der Waals surface area contributed by atoms with Crippen molar-refractivity contribution >= 4 is 22.8 Å². The predicted octanol–water partition coefficient (Wildman–Crippen LogP) is 3.78. The highest BCUT2D eigenvalue weighted by Crippen LogP contribution is 2.61. The number of hydrogen-bond acceptors (Lipinski definition) is 4. The quantitative estimate of drug-likeness (QED) is 0.807. The van der Waals surface area contributed by atoms with E-state index in [9.17, 15) is 9.59 Å². The van der Waals surface area contributed by atoms with Crippen LogP contribution >= 0.6 is 0 Å². The fourth-order valence-corrected chi connectivity index (χ4v) is 5.56. The Morgan fingerprint density at radius 2 is 1.97 bits per heavy atom. The van der Waals surface area contributed by atoms with Crippen LogP contribution in [-0.4, -0.2) is 28.7 Å². The fourth-order valence-electron chi connectivity index (χ4n) is 5.56. The summed E-state index contributed by atoms with van der Waals surface area (Å²) in [6, 6.07) is 7.30. The summed E-state index contributed by atoms with van der Waals surface area (Å²) in [6.07, 6.45) is 4.04. The number of anilines is 1. The van der Waals surface area contributed by atoms with Gasteiger partial charge in [0.1, 0.15) is 0 Å². The summed E-state index contributed by atoms with van der Waals surface area (Å²) in [7, 11) is 0. The zero-order chi connectivity index (χ0) is 20.8. The van der Waals surface area contributed by atoms with Crippen LogP contribution in [0.2, 0.25) is 0 Å². The van der Waals surface area contributed by atoms with Crippen LogP contribution in [0.3, 0.4) is 0 Å². The molecule has 0 aliphatic heterocycles. The van der Waals surface area contributed by atoms with E-state index in [1.807, 2.05) is 36.9 Å². The number of hydrogen-bond donors (Lipinski definition) is 1. The highest BCUT2D eigenvalue weighted by atomic mass is 16.2. The van der Waals surface area contributed by atoms with Gasteiger partial charge < -0.3 is 4.90 Å². The summed E-state index contributed by atoms with van der Waals surface area (Å²) < 4.78 is 1.36. The van der Waals surface area contributed by atoms with Crippen LogP contribution in [-0.2, 0) is 4.79 Å². The van der Waals surface area contributed by atoms with Crippen LogP contribution in [0.5, 0.6) is 0 Å². The first-order valence-corrected chi connectivity index (χ1v) is 10.9. The molecule has 1 heterocycles. The lowest BCUT2D eigenvalue weighted by Gasteiger charge is -2.60. The van der Waals surface area contributed by atoms with E-state index >= 15 is 0 Å². The number of amides is 1. The Hall–Kier alpha value is -2.37. The molecule has 5 rings (SSSR count). The SMILES string of the molecule is CCN(CC)c1nc2ccccc2c(=O)n1NC(=O)C[C@@H]1CC[C@H]2C[C@@H]1C2(C)C. The number of nitrogens with zero attached hydrogens (tertiary/aromatic N) is 3. The van der Waals surface area contributed by atoms with Gasteiger partial charge in [0.15, 0.2) is 0 Å². The average molecular weight is 397 g/mol. The Kier molecular flexibility index (Phi) is 5.13. The number of carbonyl (C=O) groups excluding carboxylic acids is 1. The second kappa shape index (κ2) is 7.47.